The summed E-state index contributed by atoms with van der Waals surface area (Å²) >= 11 is 6.05. The second-order valence-electron chi connectivity index (χ2n) is 9.62. The molecule has 7 rings (SSSR count). The number of nitrogens with one attached hydrogen (secondary N) is 1. The number of para-hydroxylation sites is 1. The fraction of sp³-hybridized carbons (Fsp3) is 0.241. The topological polar surface area (TPSA) is 92.8 Å². The highest BCUT2D eigenvalue weighted by molar-refractivity contribution is 6.33. The molecule has 1 heterocycles. The maximum atomic E-state index is 13.7. The summed E-state index contributed by atoms with van der Waals surface area (Å²) in [5.74, 6) is -3.83. The lowest BCUT2D eigenvalue weighted by Gasteiger charge is -2.45. The summed E-state index contributed by atoms with van der Waals surface area (Å²) in [5, 5.41) is 2.93. The number of halogens is 1. The van der Waals surface area contributed by atoms with Crippen LogP contribution in [0.1, 0.15) is 41.0 Å². The molecular weight excluding hydrogens is 492 g/mol. The predicted molar refractivity (Wildman–Crippen MR) is 136 cm³/mol. The van der Waals surface area contributed by atoms with Gasteiger partial charge < -0.3 is 10.1 Å². The number of anilines is 1. The molecule has 8 heteroatoms. The summed E-state index contributed by atoms with van der Waals surface area (Å²) in [6.45, 7) is 0.892. The maximum absolute atomic E-state index is 13.7. The van der Waals surface area contributed by atoms with Crippen molar-refractivity contribution < 1.29 is 23.9 Å². The van der Waals surface area contributed by atoms with Gasteiger partial charge in [0.25, 0.3) is 5.91 Å². The number of rotatable bonds is 5. The van der Waals surface area contributed by atoms with Gasteiger partial charge in [-0.2, -0.15) is 0 Å². The number of imide groups is 1. The molecule has 3 aliphatic carbocycles. The second-order valence-corrected chi connectivity index (χ2v) is 10.0. The van der Waals surface area contributed by atoms with Crippen molar-refractivity contribution in [2.75, 3.05) is 11.9 Å². The lowest BCUT2D eigenvalue weighted by molar-refractivity contribution is -0.159. The van der Waals surface area contributed by atoms with Gasteiger partial charge in [0, 0.05) is 11.8 Å². The highest BCUT2D eigenvalue weighted by Crippen LogP contribution is 2.61. The quantitative estimate of drug-likeness (QED) is 0.409. The fourth-order valence-corrected chi connectivity index (χ4v) is 6.38. The van der Waals surface area contributed by atoms with Crippen molar-refractivity contribution in [1.82, 2.24) is 4.90 Å². The number of hydrogen-bond donors (Lipinski definition) is 1. The van der Waals surface area contributed by atoms with Crippen molar-refractivity contribution in [2.45, 2.75) is 24.8 Å². The third-order valence-electron chi connectivity index (χ3n) is 7.70. The Labute approximate surface area is 218 Å². The molecule has 0 spiro atoms. The molecule has 0 saturated carbocycles. The Kier molecular flexibility index (Phi) is 5.60. The first-order valence-corrected chi connectivity index (χ1v) is 12.5. The molecule has 186 valence electrons. The zero-order chi connectivity index (χ0) is 25.8. The van der Waals surface area contributed by atoms with E-state index in [4.69, 9.17) is 16.3 Å². The van der Waals surface area contributed by atoms with E-state index in [1.807, 2.05) is 48.5 Å². The number of benzene rings is 3. The standard InChI is InChI=1S/C29H23ClN2O5/c1-15(29(36)37-14-22(33)31-21-13-7-6-12-20(21)30)32-27(34)25-23-16-8-2-3-9-17(16)24(26(25)28(32)35)19-11-5-4-10-18(19)23/h2-13,15,23-26H,14H2,1H3,(H,31,33)/t15-,23?,24?,25-,26+/m1/s1. The minimum absolute atomic E-state index is 0.256. The van der Waals surface area contributed by atoms with E-state index < -0.39 is 36.4 Å². The number of amides is 3. The third kappa shape index (κ3) is 3.56. The molecule has 4 aliphatic rings. The fourth-order valence-electron chi connectivity index (χ4n) is 6.19. The summed E-state index contributed by atoms with van der Waals surface area (Å²) in [4.78, 5) is 53.7. The van der Waals surface area contributed by atoms with E-state index in [-0.39, 0.29) is 23.7 Å². The number of nitrogens with zero attached hydrogens (tertiary/aromatic N) is 1. The van der Waals surface area contributed by atoms with Gasteiger partial charge in [-0.15, -0.1) is 0 Å². The normalized spacial score (nSPS) is 23.7. The number of hydrogen-bond acceptors (Lipinski definition) is 5. The van der Waals surface area contributed by atoms with E-state index >= 15 is 0 Å². The highest BCUT2D eigenvalue weighted by Gasteiger charge is 2.62. The second kappa shape index (κ2) is 8.85. The molecule has 3 atom stereocenters. The Morgan fingerprint density at radius 3 is 1.78 bits per heavy atom. The molecule has 1 aliphatic heterocycles. The van der Waals surface area contributed by atoms with Crippen LogP contribution < -0.4 is 5.32 Å². The number of ether oxygens (including phenoxy) is 1. The Balaban J connectivity index is 1.22. The summed E-state index contributed by atoms with van der Waals surface area (Å²) in [5.41, 5.74) is 4.62. The van der Waals surface area contributed by atoms with E-state index in [2.05, 4.69) is 5.32 Å². The molecule has 0 radical (unpaired) electrons. The van der Waals surface area contributed by atoms with Crippen molar-refractivity contribution in [2.24, 2.45) is 11.8 Å². The minimum atomic E-state index is -1.16. The van der Waals surface area contributed by atoms with Crippen LogP contribution >= 0.6 is 11.6 Å². The molecule has 1 fully saturated rings. The van der Waals surface area contributed by atoms with E-state index in [1.165, 1.54) is 6.92 Å². The monoisotopic (exact) mass is 514 g/mol. The zero-order valence-corrected chi connectivity index (χ0v) is 20.6. The van der Waals surface area contributed by atoms with Crippen molar-refractivity contribution in [1.29, 1.82) is 0 Å². The van der Waals surface area contributed by atoms with Gasteiger partial charge in [0.15, 0.2) is 6.61 Å². The van der Waals surface area contributed by atoms with E-state index in [1.54, 1.807) is 24.3 Å². The van der Waals surface area contributed by atoms with Gasteiger partial charge in [-0.25, -0.2) is 4.79 Å². The van der Waals surface area contributed by atoms with E-state index in [9.17, 15) is 19.2 Å². The van der Waals surface area contributed by atoms with Crippen LogP contribution in [0.2, 0.25) is 5.02 Å². The van der Waals surface area contributed by atoms with Crippen LogP contribution in [0, 0.1) is 11.8 Å². The molecular formula is C29H23ClN2O5. The van der Waals surface area contributed by atoms with Crippen LogP contribution in [0.25, 0.3) is 0 Å². The summed E-state index contributed by atoms with van der Waals surface area (Å²) in [6.07, 6.45) is 0. The molecule has 1 saturated heterocycles. The molecule has 2 bridgehead atoms. The molecule has 0 unspecified atom stereocenters. The third-order valence-corrected chi connectivity index (χ3v) is 8.03. The van der Waals surface area contributed by atoms with Crippen molar-refractivity contribution in [3.8, 4) is 0 Å². The summed E-state index contributed by atoms with van der Waals surface area (Å²) in [7, 11) is 0. The van der Waals surface area contributed by atoms with Gasteiger partial charge in [-0.3, -0.25) is 19.3 Å². The van der Waals surface area contributed by atoms with Crippen LogP contribution in [0.4, 0.5) is 5.69 Å². The Morgan fingerprint density at radius 2 is 1.30 bits per heavy atom. The van der Waals surface area contributed by atoms with Crippen molar-refractivity contribution in [3.63, 3.8) is 0 Å². The first-order chi connectivity index (χ1) is 17.9. The molecule has 37 heavy (non-hydrogen) atoms. The maximum Gasteiger partial charge on any atom is 0.329 e. The van der Waals surface area contributed by atoms with Gasteiger partial charge in [0.05, 0.1) is 22.5 Å². The lowest BCUT2D eigenvalue weighted by atomic mass is 9.55. The van der Waals surface area contributed by atoms with Crippen LogP contribution in [0.3, 0.4) is 0 Å². The SMILES string of the molecule is C[C@H](C(=O)OCC(=O)Nc1ccccc1Cl)N1C(=O)[C@@H]2C3c4ccccc4C(c4ccccc43)[C@@H]2C1=O. The van der Waals surface area contributed by atoms with Crippen LogP contribution in [0.15, 0.2) is 72.8 Å². The van der Waals surface area contributed by atoms with Crippen LogP contribution in [-0.2, 0) is 23.9 Å². The average molecular weight is 515 g/mol. The number of carbonyl (C=O) groups is 4. The highest BCUT2D eigenvalue weighted by atomic mass is 35.5. The summed E-state index contributed by atoms with van der Waals surface area (Å²) in [6, 6.07) is 21.4. The van der Waals surface area contributed by atoms with Gasteiger partial charge in [0.2, 0.25) is 11.8 Å². The number of esters is 1. The average Bonchev–Trinajstić information content (AvgIpc) is 3.18. The lowest BCUT2D eigenvalue weighted by Crippen LogP contribution is -2.45. The molecule has 3 aromatic carbocycles. The zero-order valence-electron chi connectivity index (χ0n) is 19.9. The van der Waals surface area contributed by atoms with Crippen molar-refractivity contribution >= 4 is 41.0 Å². The Bertz CT molecular complexity index is 1350. The van der Waals surface area contributed by atoms with Gasteiger partial charge >= 0.3 is 5.97 Å². The first kappa shape index (κ1) is 23.4. The molecule has 3 aromatic rings. The van der Waals surface area contributed by atoms with Gasteiger partial charge in [-0.05, 0) is 41.3 Å². The molecule has 0 aromatic heterocycles. The van der Waals surface area contributed by atoms with Crippen molar-refractivity contribution in [3.05, 3.63) is 100 Å². The largest absolute Gasteiger partial charge is 0.454 e. The van der Waals surface area contributed by atoms with Crippen LogP contribution in [-0.4, -0.2) is 41.2 Å². The molecule has 3 amide bonds. The first-order valence-electron chi connectivity index (χ1n) is 12.1. The Morgan fingerprint density at radius 1 is 0.838 bits per heavy atom. The minimum Gasteiger partial charge on any atom is -0.454 e. The van der Waals surface area contributed by atoms with E-state index in [0.717, 1.165) is 27.2 Å². The molecule has 7 nitrogen and oxygen atoms in total. The Hall–Kier alpha value is -3.97. The van der Waals surface area contributed by atoms with Crippen LogP contribution in [0.5, 0.6) is 0 Å². The van der Waals surface area contributed by atoms with Gasteiger partial charge in [-0.1, -0.05) is 72.3 Å². The number of carbonyl (C=O) groups excluding carboxylic acids is 4. The molecule has 1 N–H and O–H groups in total. The number of likely N-dealkylation sites (tertiary alicyclic amines) is 1. The predicted octanol–water partition coefficient (Wildman–Crippen LogP) is 4.10. The smallest absolute Gasteiger partial charge is 0.329 e. The van der Waals surface area contributed by atoms with E-state index in [0.29, 0.717) is 10.7 Å². The van der Waals surface area contributed by atoms with Gasteiger partial charge in [0.1, 0.15) is 6.04 Å². The summed E-state index contributed by atoms with van der Waals surface area (Å²) < 4.78 is 5.19.